The average Bonchev–Trinajstić information content (AvgIpc) is 2.71. The monoisotopic (exact) mass is 416 g/mol. The van der Waals surface area contributed by atoms with Crippen molar-refractivity contribution in [2.24, 2.45) is 11.7 Å². The molecule has 1 atom stereocenters. The molecule has 29 heavy (non-hydrogen) atoms. The SMILES string of the molecule is CCCCCCCC[C@H](CCCNC(N)=O)C(OCCC)(OCCC)OCCC. The van der Waals surface area contributed by atoms with Crippen LogP contribution in [0.15, 0.2) is 0 Å². The second kappa shape index (κ2) is 19.1. The molecule has 0 aromatic carbocycles. The van der Waals surface area contributed by atoms with Crippen molar-refractivity contribution in [1.29, 1.82) is 0 Å². The average molecular weight is 417 g/mol. The number of hydrogen-bond donors (Lipinski definition) is 2. The van der Waals surface area contributed by atoms with Crippen molar-refractivity contribution in [3.8, 4) is 0 Å². The molecule has 0 aromatic rings. The summed E-state index contributed by atoms with van der Waals surface area (Å²) in [6, 6.07) is -0.476. The molecule has 0 aliphatic carbocycles. The lowest BCUT2D eigenvalue weighted by molar-refractivity contribution is -0.406. The highest BCUT2D eigenvalue weighted by Gasteiger charge is 2.41. The van der Waals surface area contributed by atoms with Gasteiger partial charge in [0.2, 0.25) is 0 Å². The Morgan fingerprint density at radius 2 is 1.24 bits per heavy atom. The number of nitrogens with one attached hydrogen (secondary N) is 1. The van der Waals surface area contributed by atoms with E-state index in [2.05, 4.69) is 33.0 Å². The Hall–Kier alpha value is -0.850. The Kier molecular flexibility index (Phi) is 18.6. The van der Waals surface area contributed by atoms with Crippen LogP contribution in [0, 0.1) is 5.92 Å². The number of ether oxygens (including phenoxy) is 3. The fraction of sp³-hybridized carbons (Fsp3) is 0.957. The zero-order valence-electron chi connectivity index (χ0n) is 19.6. The molecule has 0 rings (SSSR count). The standard InChI is InChI=1S/C23H48N2O4/c1-5-9-10-11-12-13-15-21(16-14-17-25-22(24)26)23(27-18-6-2,28-19-7-3)29-20-8-4/h21H,5-20H2,1-4H3,(H3,24,25,26)/t21-/m1/s1. The van der Waals surface area contributed by atoms with Crippen LogP contribution in [-0.2, 0) is 14.2 Å². The van der Waals surface area contributed by atoms with Gasteiger partial charge in [0.25, 0.3) is 5.97 Å². The van der Waals surface area contributed by atoms with Crippen molar-refractivity contribution < 1.29 is 19.0 Å². The maximum Gasteiger partial charge on any atom is 0.312 e. The molecule has 0 bridgehead atoms. The molecule has 174 valence electrons. The summed E-state index contributed by atoms with van der Waals surface area (Å²) < 4.78 is 18.8. The minimum absolute atomic E-state index is 0.132. The summed E-state index contributed by atoms with van der Waals surface area (Å²) in [4.78, 5) is 11.0. The van der Waals surface area contributed by atoms with Gasteiger partial charge in [0.15, 0.2) is 0 Å². The van der Waals surface area contributed by atoms with Crippen LogP contribution in [0.2, 0.25) is 0 Å². The fourth-order valence-electron chi connectivity index (χ4n) is 3.44. The van der Waals surface area contributed by atoms with E-state index in [-0.39, 0.29) is 5.92 Å². The molecule has 3 N–H and O–H groups in total. The molecular weight excluding hydrogens is 368 g/mol. The normalized spacial score (nSPS) is 12.8. The number of carbonyl (C=O) groups excluding carboxylic acids is 1. The Labute approximate surface area is 179 Å². The first kappa shape index (κ1) is 28.1. The molecule has 6 heteroatoms. The van der Waals surface area contributed by atoms with Crippen molar-refractivity contribution in [2.45, 2.75) is 111 Å². The van der Waals surface area contributed by atoms with E-state index in [0.29, 0.717) is 26.4 Å². The van der Waals surface area contributed by atoms with Crippen molar-refractivity contribution in [2.75, 3.05) is 26.4 Å². The number of nitrogens with two attached hydrogens (primary N) is 1. The molecule has 0 saturated carbocycles. The van der Waals surface area contributed by atoms with Crippen LogP contribution in [0.3, 0.4) is 0 Å². The van der Waals surface area contributed by atoms with Crippen molar-refractivity contribution in [3.63, 3.8) is 0 Å². The van der Waals surface area contributed by atoms with Crippen LogP contribution in [-0.4, -0.2) is 38.4 Å². The summed E-state index contributed by atoms with van der Waals surface area (Å²) in [6.07, 6.45) is 13.0. The molecule has 0 unspecified atom stereocenters. The lowest BCUT2D eigenvalue weighted by Crippen LogP contribution is -2.47. The van der Waals surface area contributed by atoms with Gasteiger partial charge in [-0.3, -0.25) is 0 Å². The third-order valence-corrected chi connectivity index (χ3v) is 4.96. The topological polar surface area (TPSA) is 82.8 Å². The Morgan fingerprint density at radius 1 is 0.759 bits per heavy atom. The summed E-state index contributed by atoms with van der Waals surface area (Å²) in [5.74, 6) is -0.856. The summed E-state index contributed by atoms with van der Waals surface area (Å²) in [6.45, 7) is 10.9. The first-order chi connectivity index (χ1) is 14.1. The summed E-state index contributed by atoms with van der Waals surface area (Å²) in [5, 5.41) is 2.69. The maximum atomic E-state index is 11.0. The third-order valence-electron chi connectivity index (χ3n) is 4.96. The van der Waals surface area contributed by atoms with Crippen LogP contribution < -0.4 is 11.1 Å². The van der Waals surface area contributed by atoms with E-state index < -0.39 is 12.0 Å². The largest absolute Gasteiger partial charge is 0.352 e. The number of carbonyl (C=O) groups is 1. The van der Waals surface area contributed by atoms with Crippen LogP contribution in [0.25, 0.3) is 0 Å². The second-order valence-corrected chi connectivity index (χ2v) is 7.84. The molecule has 0 spiro atoms. The predicted octanol–water partition coefficient (Wildman–Crippen LogP) is 5.74. The van der Waals surface area contributed by atoms with Crippen LogP contribution in [0.1, 0.15) is 105 Å². The summed E-state index contributed by atoms with van der Waals surface area (Å²) >= 11 is 0. The van der Waals surface area contributed by atoms with Gasteiger partial charge < -0.3 is 25.3 Å². The number of unbranched alkanes of at least 4 members (excludes halogenated alkanes) is 5. The lowest BCUT2D eigenvalue weighted by Gasteiger charge is -2.40. The molecule has 6 nitrogen and oxygen atoms in total. The van der Waals surface area contributed by atoms with Gasteiger partial charge in [-0.05, 0) is 38.5 Å². The minimum atomic E-state index is -0.988. The number of primary amides is 1. The number of hydrogen-bond acceptors (Lipinski definition) is 4. The van der Waals surface area contributed by atoms with Crippen molar-refractivity contribution in [3.05, 3.63) is 0 Å². The third kappa shape index (κ3) is 13.9. The van der Waals surface area contributed by atoms with E-state index in [1.165, 1.54) is 32.1 Å². The van der Waals surface area contributed by atoms with Crippen LogP contribution >= 0.6 is 0 Å². The molecule has 0 fully saturated rings. The van der Waals surface area contributed by atoms with E-state index in [1.54, 1.807) is 0 Å². The van der Waals surface area contributed by atoms with E-state index in [4.69, 9.17) is 19.9 Å². The number of urea groups is 1. The van der Waals surface area contributed by atoms with E-state index in [9.17, 15) is 4.79 Å². The minimum Gasteiger partial charge on any atom is -0.352 e. The van der Waals surface area contributed by atoms with E-state index in [1.807, 2.05) is 0 Å². The molecule has 2 amide bonds. The highest BCUT2D eigenvalue weighted by molar-refractivity contribution is 5.71. The van der Waals surface area contributed by atoms with E-state index in [0.717, 1.165) is 44.9 Å². The van der Waals surface area contributed by atoms with Crippen molar-refractivity contribution >= 4 is 6.03 Å². The Morgan fingerprint density at radius 3 is 1.72 bits per heavy atom. The maximum absolute atomic E-state index is 11.0. The van der Waals surface area contributed by atoms with Gasteiger partial charge in [-0.25, -0.2) is 4.79 Å². The molecule has 0 heterocycles. The van der Waals surface area contributed by atoms with E-state index >= 15 is 0 Å². The molecule has 0 radical (unpaired) electrons. The number of rotatable bonds is 21. The van der Waals surface area contributed by atoms with Gasteiger partial charge in [0.05, 0.1) is 19.8 Å². The Balaban J connectivity index is 5.13. The zero-order chi connectivity index (χ0) is 21.8. The quantitative estimate of drug-likeness (QED) is 0.185. The van der Waals surface area contributed by atoms with Gasteiger partial charge >= 0.3 is 6.03 Å². The highest BCUT2D eigenvalue weighted by atomic mass is 16.9. The smallest absolute Gasteiger partial charge is 0.312 e. The Bertz CT molecular complexity index is 358. The summed E-state index contributed by atoms with van der Waals surface area (Å²) in [5.41, 5.74) is 5.21. The van der Waals surface area contributed by atoms with Gasteiger partial charge in [-0.15, -0.1) is 0 Å². The highest BCUT2D eigenvalue weighted by Crippen LogP contribution is 2.34. The lowest BCUT2D eigenvalue weighted by atomic mass is 9.92. The fourth-order valence-corrected chi connectivity index (χ4v) is 3.44. The first-order valence-electron chi connectivity index (χ1n) is 12.0. The van der Waals surface area contributed by atoms with Gasteiger partial charge in [0.1, 0.15) is 0 Å². The van der Waals surface area contributed by atoms with Crippen molar-refractivity contribution in [1.82, 2.24) is 5.32 Å². The van der Waals surface area contributed by atoms with Gasteiger partial charge in [0, 0.05) is 12.5 Å². The molecule has 0 aliphatic rings. The molecule has 0 saturated heterocycles. The molecule has 0 aromatic heterocycles. The zero-order valence-corrected chi connectivity index (χ0v) is 19.6. The molecule has 0 aliphatic heterocycles. The van der Waals surface area contributed by atoms with Gasteiger partial charge in [-0.2, -0.15) is 0 Å². The first-order valence-corrected chi connectivity index (χ1v) is 12.0. The molecular formula is C23H48N2O4. The predicted molar refractivity (Wildman–Crippen MR) is 120 cm³/mol. The summed E-state index contributed by atoms with van der Waals surface area (Å²) in [7, 11) is 0. The number of amides is 2. The van der Waals surface area contributed by atoms with Gasteiger partial charge in [-0.1, -0.05) is 66.2 Å². The second-order valence-electron chi connectivity index (χ2n) is 7.84. The van der Waals surface area contributed by atoms with Crippen LogP contribution in [0.5, 0.6) is 0 Å². The van der Waals surface area contributed by atoms with Crippen LogP contribution in [0.4, 0.5) is 4.79 Å².